The van der Waals surface area contributed by atoms with Gasteiger partial charge in [-0.15, -0.1) is 11.8 Å². The highest BCUT2D eigenvalue weighted by Crippen LogP contribution is 2.01. The molecule has 0 aromatic rings. The minimum atomic E-state index is -0.182. The Bertz CT molecular complexity index is 281. The van der Waals surface area contributed by atoms with E-state index in [9.17, 15) is 4.79 Å². The predicted octanol–water partition coefficient (Wildman–Crippen LogP) is 4.60. The van der Waals surface area contributed by atoms with E-state index < -0.39 is 0 Å². The van der Waals surface area contributed by atoms with E-state index in [2.05, 4.69) is 18.8 Å². The lowest BCUT2D eigenvalue weighted by Crippen LogP contribution is -1.94. The van der Waals surface area contributed by atoms with E-state index in [1.54, 1.807) is 6.92 Å². The van der Waals surface area contributed by atoms with Gasteiger partial charge in [0.1, 0.15) is 0 Å². The number of ether oxygens (including phenoxy) is 1. The smallest absolute Gasteiger partial charge is 0.310 e. The fourth-order valence-electron chi connectivity index (χ4n) is 1.40. The highest BCUT2D eigenvalue weighted by molar-refractivity contribution is 5.69. The summed E-state index contributed by atoms with van der Waals surface area (Å²) in [5, 5.41) is 0. The Morgan fingerprint density at radius 3 is 2.44 bits per heavy atom. The van der Waals surface area contributed by atoms with Gasteiger partial charge in [0, 0.05) is 19.3 Å². The summed E-state index contributed by atoms with van der Waals surface area (Å²) in [6.45, 7) is 4.00. The van der Waals surface area contributed by atoms with Crippen LogP contribution in [0.5, 0.6) is 0 Å². The summed E-state index contributed by atoms with van der Waals surface area (Å²) in [6, 6.07) is 0. The molecule has 0 rings (SSSR count). The summed E-state index contributed by atoms with van der Waals surface area (Å²) in [5.74, 6) is 6.20. The molecule has 0 aromatic heterocycles. The second kappa shape index (κ2) is 13.8. The van der Waals surface area contributed by atoms with Crippen LogP contribution in [0.3, 0.4) is 0 Å². The van der Waals surface area contributed by atoms with E-state index in [0.717, 1.165) is 25.7 Å². The molecule has 2 nitrogen and oxygen atoms in total. The molecule has 0 aliphatic rings. The first-order valence-corrected chi connectivity index (χ1v) is 7.11. The Morgan fingerprint density at radius 1 is 1.06 bits per heavy atom. The van der Waals surface area contributed by atoms with Crippen molar-refractivity contribution >= 4 is 5.97 Å². The summed E-state index contributed by atoms with van der Waals surface area (Å²) in [4.78, 5) is 10.8. The van der Waals surface area contributed by atoms with Crippen molar-refractivity contribution in [3.8, 4) is 11.8 Å². The van der Waals surface area contributed by atoms with Gasteiger partial charge >= 0.3 is 5.97 Å². The molecule has 0 saturated heterocycles. The van der Waals surface area contributed by atoms with Gasteiger partial charge in [0.25, 0.3) is 0 Å². The molecule has 102 valence electrons. The van der Waals surface area contributed by atoms with Crippen molar-refractivity contribution in [3.05, 3.63) is 12.3 Å². The second-order valence-electron chi connectivity index (χ2n) is 4.27. The SMILES string of the molecule is CCCCCCC#CCCCC=COC(=O)CC. The van der Waals surface area contributed by atoms with Crippen LogP contribution in [-0.4, -0.2) is 5.97 Å². The first-order chi connectivity index (χ1) is 8.81. The van der Waals surface area contributed by atoms with Gasteiger partial charge in [-0.1, -0.05) is 33.1 Å². The molecule has 0 saturated carbocycles. The molecule has 2 heteroatoms. The van der Waals surface area contributed by atoms with Gasteiger partial charge in [-0.05, 0) is 25.3 Å². The molecule has 0 fully saturated rings. The van der Waals surface area contributed by atoms with Crippen LogP contribution in [0.1, 0.15) is 71.6 Å². The average Bonchev–Trinajstić information content (AvgIpc) is 2.39. The summed E-state index contributed by atoms with van der Waals surface area (Å²) in [7, 11) is 0. The first-order valence-electron chi connectivity index (χ1n) is 7.11. The number of carbonyl (C=O) groups is 1. The van der Waals surface area contributed by atoms with Crippen LogP contribution in [0.15, 0.2) is 12.3 Å². The third-order valence-electron chi connectivity index (χ3n) is 2.54. The summed E-state index contributed by atoms with van der Waals surface area (Å²) in [5.41, 5.74) is 0. The van der Waals surface area contributed by atoms with Gasteiger partial charge < -0.3 is 4.74 Å². The molecular weight excluding hydrogens is 224 g/mol. The molecule has 0 bridgehead atoms. The van der Waals surface area contributed by atoms with Crippen molar-refractivity contribution in [2.45, 2.75) is 71.6 Å². The quantitative estimate of drug-likeness (QED) is 0.259. The highest BCUT2D eigenvalue weighted by atomic mass is 16.5. The summed E-state index contributed by atoms with van der Waals surface area (Å²) < 4.78 is 4.82. The van der Waals surface area contributed by atoms with E-state index in [1.807, 2.05) is 6.08 Å². The number of allylic oxidation sites excluding steroid dienone is 1. The second-order valence-corrected chi connectivity index (χ2v) is 4.27. The van der Waals surface area contributed by atoms with Gasteiger partial charge in [0.05, 0.1) is 6.26 Å². The Balaban J connectivity index is 3.29. The molecule has 0 aromatic carbocycles. The van der Waals surface area contributed by atoms with Crippen molar-refractivity contribution in [3.63, 3.8) is 0 Å². The van der Waals surface area contributed by atoms with Crippen molar-refractivity contribution in [2.75, 3.05) is 0 Å². The maximum Gasteiger partial charge on any atom is 0.310 e. The van der Waals surface area contributed by atoms with E-state index in [4.69, 9.17) is 4.74 Å². The maximum atomic E-state index is 10.8. The lowest BCUT2D eigenvalue weighted by Gasteiger charge is -1.93. The molecule has 0 heterocycles. The van der Waals surface area contributed by atoms with Gasteiger partial charge in [-0.25, -0.2) is 0 Å². The molecule has 0 unspecified atom stereocenters. The fraction of sp³-hybridized carbons (Fsp3) is 0.688. The monoisotopic (exact) mass is 250 g/mol. The topological polar surface area (TPSA) is 26.3 Å². The normalized spacial score (nSPS) is 10.1. The number of hydrogen-bond acceptors (Lipinski definition) is 2. The molecule has 0 N–H and O–H groups in total. The Labute approximate surface area is 112 Å². The maximum absolute atomic E-state index is 10.8. The van der Waals surface area contributed by atoms with Crippen molar-refractivity contribution in [1.82, 2.24) is 0 Å². The lowest BCUT2D eigenvalue weighted by atomic mass is 10.1. The molecule has 0 spiro atoms. The van der Waals surface area contributed by atoms with Gasteiger partial charge in [-0.2, -0.15) is 0 Å². The van der Waals surface area contributed by atoms with Gasteiger partial charge in [0.15, 0.2) is 0 Å². The minimum Gasteiger partial charge on any atom is -0.435 e. The number of unbranched alkanes of at least 4 members (excludes halogenated alkanes) is 6. The molecule has 0 aliphatic carbocycles. The molecule has 0 radical (unpaired) electrons. The van der Waals surface area contributed by atoms with Crippen LogP contribution in [0.4, 0.5) is 0 Å². The zero-order valence-electron chi connectivity index (χ0n) is 11.8. The standard InChI is InChI=1S/C16H26O2/c1-3-5-6-7-8-9-10-11-12-13-14-15-18-16(17)4-2/h14-15H,3-8,11-13H2,1-2H3. The summed E-state index contributed by atoms with van der Waals surface area (Å²) in [6.07, 6.45) is 12.8. The number of hydrogen-bond donors (Lipinski definition) is 0. The summed E-state index contributed by atoms with van der Waals surface area (Å²) >= 11 is 0. The number of esters is 1. The van der Waals surface area contributed by atoms with Crippen LogP contribution in [0.25, 0.3) is 0 Å². The zero-order valence-corrected chi connectivity index (χ0v) is 11.8. The van der Waals surface area contributed by atoms with Crippen LogP contribution in [-0.2, 0) is 9.53 Å². The van der Waals surface area contributed by atoms with Crippen molar-refractivity contribution < 1.29 is 9.53 Å². The molecular formula is C16H26O2. The Morgan fingerprint density at radius 2 is 1.78 bits per heavy atom. The number of rotatable bonds is 9. The zero-order chi connectivity index (χ0) is 13.5. The van der Waals surface area contributed by atoms with Crippen molar-refractivity contribution in [1.29, 1.82) is 0 Å². The number of carbonyl (C=O) groups excluding carboxylic acids is 1. The van der Waals surface area contributed by atoms with E-state index in [0.29, 0.717) is 6.42 Å². The van der Waals surface area contributed by atoms with Gasteiger partial charge in [-0.3, -0.25) is 4.79 Å². The van der Waals surface area contributed by atoms with Crippen LogP contribution < -0.4 is 0 Å². The lowest BCUT2D eigenvalue weighted by molar-refractivity contribution is -0.137. The Hall–Kier alpha value is -1.23. The molecule has 18 heavy (non-hydrogen) atoms. The van der Waals surface area contributed by atoms with Crippen LogP contribution in [0.2, 0.25) is 0 Å². The van der Waals surface area contributed by atoms with Crippen LogP contribution in [0, 0.1) is 11.8 Å². The third kappa shape index (κ3) is 12.8. The molecule has 0 atom stereocenters. The Kier molecular flexibility index (Phi) is 12.9. The minimum absolute atomic E-state index is 0.182. The van der Waals surface area contributed by atoms with E-state index in [1.165, 1.54) is 31.9 Å². The highest BCUT2D eigenvalue weighted by Gasteiger charge is 1.91. The van der Waals surface area contributed by atoms with E-state index in [-0.39, 0.29) is 5.97 Å². The van der Waals surface area contributed by atoms with E-state index >= 15 is 0 Å². The van der Waals surface area contributed by atoms with Gasteiger partial charge in [0.2, 0.25) is 0 Å². The predicted molar refractivity (Wildman–Crippen MR) is 75.9 cm³/mol. The fourth-order valence-corrected chi connectivity index (χ4v) is 1.40. The molecule has 0 aliphatic heterocycles. The van der Waals surface area contributed by atoms with Crippen LogP contribution >= 0.6 is 0 Å². The first kappa shape index (κ1) is 16.8. The largest absolute Gasteiger partial charge is 0.435 e. The third-order valence-corrected chi connectivity index (χ3v) is 2.54. The van der Waals surface area contributed by atoms with Crippen molar-refractivity contribution in [2.24, 2.45) is 0 Å². The average molecular weight is 250 g/mol. The molecule has 0 amide bonds.